The molecule has 0 aromatic heterocycles. The Morgan fingerprint density at radius 1 is 0.667 bits per heavy atom. The van der Waals surface area contributed by atoms with Crippen LogP contribution in [0.5, 0.6) is 0 Å². The van der Waals surface area contributed by atoms with Crippen molar-refractivity contribution >= 4 is 0 Å². The smallest absolute Gasteiger partial charge is 0.187 e. The summed E-state index contributed by atoms with van der Waals surface area (Å²) in [6.07, 6.45) is -16.5. The van der Waals surface area contributed by atoms with Crippen LogP contribution in [0.4, 0.5) is 0 Å². The van der Waals surface area contributed by atoms with Crippen molar-refractivity contribution in [1.29, 1.82) is 0 Å². The van der Waals surface area contributed by atoms with Crippen LogP contribution in [0.3, 0.4) is 0 Å². The number of aliphatic hydroxyl groups is 7. The van der Waals surface area contributed by atoms with Crippen LogP contribution < -0.4 is 22.9 Å². The van der Waals surface area contributed by atoms with Crippen LogP contribution in [0.25, 0.3) is 0 Å². The van der Waals surface area contributed by atoms with Gasteiger partial charge < -0.3 is 77.6 Å². The molecule has 0 radical (unpaired) electrons. The number of hydrogen-bond acceptors (Lipinski definition) is 15. The summed E-state index contributed by atoms with van der Waals surface area (Å²) in [5.74, 6) is 0. The summed E-state index contributed by atoms with van der Waals surface area (Å²) in [5.41, 5.74) is 23.5. The van der Waals surface area contributed by atoms with E-state index in [-0.39, 0.29) is 13.0 Å². The van der Waals surface area contributed by atoms with Gasteiger partial charge in [-0.3, -0.25) is 0 Å². The molecule has 7 unspecified atom stereocenters. The molecule has 194 valence electrons. The molecule has 15 N–H and O–H groups in total. The van der Waals surface area contributed by atoms with Gasteiger partial charge in [-0.2, -0.15) is 0 Å². The minimum atomic E-state index is -1.66. The molecule has 0 bridgehead atoms. The van der Waals surface area contributed by atoms with Gasteiger partial charge >= 0.3 is 0 Å². The Morgan fingerprint density at radius 3 is 1.70 bits per heavy atom. The second kappa shape index (κ2) is 11.0. The predicted molar refractivity (Wildman–Crippen MR) is 108 cm³/mol. The Morgan fingerprint density at radius 2 is 1.18 bits per heavy atom. The lowest BCUT2D eigenvalue weighted by atomic mass is 9.84. The zero-order chi connectivity index (χ0) is 24.6. The first-order valence-electron chi connectivity index (χ1n) is 10.8. The molecule has 0 aromatic rings. The SMILES string of the molecule is NCC1O[C@H](OC2C(N)CC(N)[C@@H](OC3O[C@H](CO)C(O)[C@@H](N)[C@H]3O)[C@H]2O)[C@@H](O)C(O)[C@@H]1O. The van der Waals surface area contributed by atoms with Gasteiger partial charge in [-0.25, -0.2) is 0 Å². The van der Waals surface area contributed by atoms with Gasteiger partial charge in [0.05, 0.1) is 12.6 Å². The van der Waals surface area contributed by atoms with E-state index >= 15 is 0 Å². The summed E-state index contributed by atoms with van der Waals surface area (Å²) < 4.78 is 22.2. The van der Waals surface area contributed by atoms with Crippen molar-refractivity contribution in [1.82, 2.24) is 0 Å². The summed E-state index contributed by atoms with van der Waals surface area (Å²) in [6.45, 7) is -0.763. The lowest BCUT2D eigenvalue weighted by molar-refractivity contribution is -0.332. The van der Waals surface area contributed by atoms with Crippen LogP contribution in [-0.4, -0.2) is 141 Å². The molecule has 2 heterocycles. The molecule has 3 fully saturated rings. The first-order valence-corrected chi connectivity index (χ1v) is 10.8. The van der Waals surface area contributed by atoms with E-state index in [1.54, 1.807) is 0 Å². The van der Waals surface area contributed by atoms with Gasteiger partial charge in [-0.15, -0.1) is 0 Å². The van der Waals surface area contributed by atoms with Crippen molar-refractivity contribution in [2.24, 2.45) is 22.9 Å². The van der Waals surface area contributed by atoms with Gasteiger partial charge in [0.15, 0.2) is 12.6 Å². The molecule has 2 saturated heterocycles. The molecule has 15 atom stereocenters. The third-order valence-electron chi connectivity index (χ3n) is 6.48. The highest BCUT2D eigenvalue weighted by molar-refractivity contribution is 5.01. The summed E-state index contributed by atoms with van der Waals surface area (Å²) in [5, 5.41) is 70.9. The maximum atomic E-state index is 10.9. The van der Waals surface area contributed by atoms with Gasteiger partial charge in [-0.05, 0) is 6.42 Å². The molecule has 0 spiro atoms. The molecule has 3 aliphatic rings. The molecule has 15 nitrogen and oxygen atoms in total. The van der Waals surface area contributed by atoms with Crippen molar-refractivity contribution in [3.8, 4) is 0 Å². The van der Waals surface area contributed by atoms with Crippen LogP contribution in [0.15, 0.2) is 0 Å². The quantitative estimate of drug-likeness (QED) is 0.167. The molecule has 15 heteroatoms. The van der Waals surface area contributed by atoms with E-state index in [0.717, 1.165) is 0 Å². The number of rotatable bonds is 6. The fourth-order valence-electron chi connectivity index (χ4n) is 4.40. The Labute approximate surface area is 189 Å². The number of aliphatic hydroxyl groups excluding tert-OH is 7. The van der Waals surface area contributed by atoms with Crippen LogP contribution in [0, 0.1) is 0 Å². The lowest BCUT2D eigenvalue weighted by Crippen LogP contribution is -2.68. The van der Waals surface area contributed by atoms with Crippen LogP contribution in [-0.2, 0) is 18.9 Å². The van der Waals surface area contributed by atoms with Crippen molar-refractivity contribution in [3.63, 3.8) is 0 Å². The zero-order valence-electron chi connectivity index (χ0n) is 17.9. The van der Waals surface area contributed by atoms with Crippen LogP contribution in [0.1, 0.15) is 6.42 Å². The average molecular weight is 485 g/mol. The van der Waals surface area contributed by atoms with Crippen molar-refractivity contribution in [2.75, 3.05) is 13.2 Å². The Balaban J connectivity index is 1.72. The highest BCUT2D eigenvalue weighted by atomic mass is 16.7. The van der Waals surface area contributed by atoms with E-state index in [9.17, 15) is 35.7 Å². The summed E-state index contributed by atoms with van der Waals surface area (Å²) >= 11 is 0. The van der Waals surface area contributed by atoms with E-state index in [1.807, 2.05) is 0 Å². The van der Waals surface area contributed by atoms with Gasteiger partial charge in [-0.1, -0.05) is 0 Å². The third kappa shape index (κ3) is 5.32. The number of hydrogen-bond donors (Lipinski definition) is 11. The molecule has 1 saturated carbocycles. The van der Waals surface area contributed by atoms with Crippen molar-refractivity contribution in [3.05, 3.63) is 0 Å². The fraction of sp³-hybridized carbons (Fsp3) is 1.00. The minimum absolute atomic E-state index is 0.0849. The number of nitrogens with two attached hydrogens (primary N) is 4. The largest absolute Gasteiger partial charge is 0.394 e. The molecular formula is C18H36N4O11. The molecule has 1 aliphatic carbocycles. The Bertz CT molecular complexity index is 584. The Hall–Kier alpha value is -0.600. The summed E-state index contributed by atoms with van der Waals surface area (Å²) in [7, 11) is 0. The summed E-state index contributed by atoms with van der Waals surface area (Å²) in [4.78, 5) is 0. The normalized spacial score (nSPS) is 53.7. The first kappa shape index (κ1) is 27.0. The zero-order valence-corrected chi connectivity index (χ0v) is 17.9. The Kier molecular flexibility index (Phi) is 8.99. The highest BCUT2D eigenvalue weighted by Gasteiger charge is 2.51. The predicted octanol–water partition coefficient (Wildman–Crippen LogP) is -7.29. The second-order valence-electron chi connectivity index (χ2n) is 8.79. The van der Waals surface area contributed by atoms with Gasteiger partial charge in [0.1, 0.15) is 61.0 Å². The van der Waals surface area contributed by atoms with Crippen molar-refractivity contribution in [2.45, 2.75) is 98.2 Å². The third-order valence-corrected chi connectivity index (χ3v) is 6.48. The topological polar surface area (TPSA) is 283 Å². The summed E-state index contributed by atoms with van der Waals surface area (Å²) in [6, 6.07) is -2.86. The van der Waals surface area contributed by atoms with Gasteiger partial charge in [0.2, 0.25) is 0 Å². The van der Waals surface area contributed by atoms with Gasteiger partial charge in [0.25, 0.3) is 0 Å². The standard InChI is InChI=1S/C18H36N4O11/c19-2-6-10(25)12(27)13(28)18(30-6)33-16-5(21)1-4(20)15(14(16)29)32-17-11(26)8(22)9(24)7(3-23)31-17/h4-18,23-29H,1-3,19-22H2/t4?,5?,6?,7-,8-,9?,10-,11-,12?,13+,14-,15-,16?,17?,18-/m1/s1. The molecule has 2 aliphatic heterocycles. The van der Waals surface area contributed by atoms with E-state index < -0.39 is 98.4 Å². The maximum Gasteiger partial charge on any atom is 0.187 e. The molecule has 0 amide bonds. The highest BCUT2D eigenvalue weighted by Crippen LogP contribution is 2.31. The molecule has 33 heavy (non-hydrogen) atoms. The average Bonchev–Trinajstić information content (AvgIpc) is 2.79. The molecular weight excluding hydrogens is 448 g/mol. The van der Waals surface area contributed by atoms with Gasteiger partial charge in [0, 0.05) is 18.6 Å². The van der Waals surface area contributed by atoms with E-state index in [1.165, 1.54) is 0 Å². The van der Waals surface area contributed by atoms with Crippen molar-refractivity contribution < 1.29 is 54.7 Å². The van der Waals surface area contributed by atoms with E-state index in [0.29, 0.717) is 0 Å². The lowest BCUT2D eigenvalue weighted by Gasteiger charge is -2.48. The first-order chi connectivity index (χ1) is 15.5. The molecule has 0 aromatic carbocycles. The molecule has 3 rings (SSSR count). The number of ether oxygens (including phenoxy) is 4. The monoisotopic (exact) mass is 484 g/mol. The fourth-order valence-corrected chi connectivity index (χ4v) is 4.40. The van der Waals surface area contributed by atoms with E-state index in [4.69, 9.17) is 41.9 Å². The second-order valence-corrected chi connectivity index (χ2v) is 8.79. The minimum Gasteiger partial charge on any atom is -0.394 e. The van der Waals surface area contributed by atoms with E-state index in [2.05, 4.69) is 0 Å². The maximum absolute atomic E-state index is 10.9. The van der Waals surface area contributed by atoms with Crippen LogP contribution in [0.2, 0.25) is 0 Å². The van der Waals surface area contributed by atoms with Crippen LogP contribution >= 0.6 is 0 Å².